The standard InChI is InChI=1S/C42H38N6O6/c1-25-16-18-26(19-17-25)27-21-30(34-32(22-27)51-42(54-34,28-11-6-4-7-12-28)29-13-8-5-9-14-29)39(49)44-20-10-15-31-35-36(53-41(2,3)52-35)40(50-31)48-24-47-33-37(43)45-23-46-38(33)48/h4-19,21-24,31,35-36,40H,20H2,1-3H3,(H,44,49)(H2,43,45,46)/t31-,35?,36+,40-/m1/s1. The Labute approximate surface area is 311 Å². The molecule has 2 saturated heterocycles. The number of ether oxygens (including phenoxy) is 5. The summed E-state index contributed by atoms with van der Waals surface area (Å²) in [6, 6.07) is 31.4. The number of nitrogens with zero attached hydrogens (tertiary/aromatic N) is 4. The second-order valence-corrected chi connectivity index (χ2v) is 14.0. The van der Waals surface area contributed by atoms with Crippen molar-refractivity contribution < 1.29 is 28.5 Å². The third kappa shape index (κ3) is 5.84. The van der Waals surface area contributed by atoms with Crippen molar-refractivity contribution in [2.75, 3.05) is 12.3 Å². The minimum Gasteiger partial charge on any atom is -0.440 e. The molecule has 0 radical (unpaired) electrons. The van der Waals surface area contributed by atoms with Gasteiger partial charge < -0.3 is 34.7 Å². The normalized spacial score (nSPS) is 22.1. The van der Waals surface area contributed by atoms with Crippen LogP contribution in [0.1, 0.15) is 47.1 Å². The van der Waals surface area contributed by atoms with Crippen molar-refractivity contribution in [2.45, 2.75) is 56.9 Å². The molecule has 0 saturated carbocycles. The van der Waals surface area contributed by atoms with E-state index in [0.29, 0.717) is 28.2 Å². The Morgan fingerprint density at radius 2 is 1.57 bits per heavy atom. The fraction of sp³-hybridized carbons (Fsp3) is 0.238. The van der Waals surface area contributed by atoms with Gasteiger partial charge in [0, 0.05) is 17.7 Å². The summed E-state index contributed by atoms with van der Waals surface area (Å²) in [5, 5.41) is 3.06. The minimum absolute atomic E-state index is 0.204. The Kier molecular flexibility index (Phi) is 8.18. The second kappa shape index (κ2) is 13.1. The number of nitrogen functional groups attached to an aromatic ring is 1. The number of benzene rings is 4. The molecule has 272 valence electrons. The highest BCUT2D eigenvalue weighted by atomic mass is 16.8. The summed E-state index contributed by atoms with van der Waals surface area (Å²) in [5.74, 6) is -1.34. The quantitative estimate of drug-likeness (QED) is 0.168. The Hall–Kier alpha value is -6.08. The van der Waals surface area contributed by atoms with Crippen molar-refractivity contribution in [3.63, 3.8) is 0 Å². The van der Waals surface area contributed by atoms with Crippen LogP contribution in [0.5, 0.6) is 11.5 Å². The molecule has 1 unspecified atom stereocenters. The van der Waals surface area contributed by atoms with Gasteiger partial charge in [-0.25, -0.2) is 15.0 Å². The van der Waals surface area contributed by atoms with Crippen LogP contribution in [-0.4, -0.2) is 56.1 Å². The smallest absolute Gasteiger partial charge is 0.305 e. The van der Waals surface area contributed by atoms with Crippen LogP contribution >= 0.6 is 0 Å². The number of carbonyl (C=O) groups excluding carboxylic acids is 1. The van der Waals surface area contributed by atoms with Gasteiger partial charge in [0.2, 0.25) is 0 Å². The lowest BCUT2D eigenvalue weighted by Crippen LogP contribution is -2.37. The Morgan fingerprint density at radius 1 is 0.870 bits per heavy atom. The van der Waals surface area contributed by atoms with Gasteiger partial charge in [-0.3, -0.25) is 9.36 Å². The average Bonchev–Trinajstić information content (AvgIpc) is 3.95. The fourth-order valence-corrected chi connectivity index (χ4v) is 7.39. The molecule has 6 aromatic rings. The molecule has 0 aliphatic carbocycles. The lowest BCUT2D eigenvalue weighted by Gasteiger charge is -2.28. The molecule has 12 heteroatoms. The second-order valence-electron chi connectivity index (χ2n) is 14.0. The molecule has 5 heterocycles. The molecule has 12 nitrogen and oxygen atoms in total. The van der Waals surface area contributed by atoms with Gasteiger partial charge in [-0.15, -0.1) is 0 Å². The number of hydrogen-bond acceptors (Lipinski definition) is 10. The molecule has 9 rings (SSSR count). The summed E-state index contributed by atoms with van der Waals surface area (Å²) in [7, 11) is 0. The third-order valence-corrected chi connectivity index (χ3v) is 9.92. The van der Waals surface area contributed by atoms with Crippen LogP contribution in [0.25, 0.3) is 22.3 Å². The van der Waals surface area contributed by atoms with E-state index in [4.69, 9.17) is 29.4 Å². The van der Waals surface area contributed by atoms with Gasteiger partial charge in [0.1, 0.15) is 30.2 Å². The van der Waals surface area contributed by atoms with E-state index in [0.717, 1.165) is 27.8 Å². The van der Waals surface area contributed by atoms with Gasteiger partial charge in [-0.1, -0.05) is 103 Å². The van der Waals surface area contributed by atoms with Crippen LogP contribution in [-0.2, 0) is 20.0 Å². The van der Waals surface area contributed by atoms with Crippen molar-refractivity contribution in [1.29, 1.82) is 0 Å². The number of nitrogens with one attached hydrogen (secondary N) is 1. The summed E-state index contributed by atoms with van der Waals surface area (Å²) < 4.78 is 34.4. The zero-order valence-corrected chi connectivity index (χ0v) is 29.9. The number of rotatable bonds is 8. The zero-order valence-electron chi connectivity index (χ0n) is 29.9. The van der Waals surface area contributed by atoms with E-state index >= 15 is 0 Å². The summed E-state index contributed by atoms with van der Waals surface area (Å²) in [6.45, 7) is 5.98. The number of aromatic nitrogens is 4. The Bertz CT molecular complexity index is 2340. The van der Waals surface area contributed by atoms with E-state index in [1.54, 1.807) is 10.9 Å². The van der Waals surface area contributed by atoms with Gasteiger partial charge in [0.15, 0.2) is 35.0 Å². The number of anilines is 1. The highest BCUT2D eigenvalue weighted by Gasteiger charge is 2.55. The Balaban J connectivity index is 0.999. The van der Waals surface area contributed by atoms with E-state index in [9.17, 15) is 4.79 Å². The van der Waals surface area contributed by atoms with Crippen LogP contribution in [0.15, 0.2) is 122 Å². The summed E-state index contributed by atoms with van der Waals surface area (Å²) >= 11 is 0. The Morgan fingerprint density at radius 3 is 2.30 bits per heavy atom. The highest BCUT2D eigenvalue weighted by Crippen LogP contribution is 2.51. The molecule has 3 N–H and O–H groups in total. The maximum atomic E-state index is 14.2. The molecule has 3 aliphatic heterocycles. The number of nitrogens with two attached hydrogens (primary N) is 1. The van der Waals surface area contributed by atoms with Crippen LogP contribution in [0.3, 0.4) is 0 Å². The monoisotopic (exact) mass is 722 g/mol. The number of hydrogen-bond donors (Lipinski definition) is 2. The van der Waals surface area contributed by atoms with Crippen molar-refractivity contribution in [2.24, 2.45) is 0 Å². The predicted molar refractivity (Wildman–Crippen MR) is 200 cm³/mol. The lowest BCUT2D eigenvalue weighted by atomic mass is 9.97. The number of carbonyl (C=O) groups is 1. The van der Waals surface area contributed by atoms with Crippen molar-refractivity contribution in [1.82, 2.24) is 24.8 Å². The van der Waals surface area contributed by atoms with E-state index in [-0.39, 0.29) is 18.3 Å². The topological polar surface area (TPSA) is 145 Å². The average molecular weight is 723 g/mol. The summed E-state index contributed by atoms with van der Waals surface area (Å²) in [4.78, 5) is 27.0. The van der Waals surface area contributed by atoms with Crippen LogP contribution in [0.4, 0.5) is 5.82 Å². The first-order valence-electron chi connectivity index (χ1n) is 17.8. The van der Waals surface area contributed by atoms with E-state index in [1.165, 1.54) is 6.33 Å². The summed E-state index contributed by atoms with van der Waals surface area (Å²) in [5.41, 5.74) is 11.9. The minimum atomic E-state index is -1.30. The summed E-state index contributed by atoms with van der Waals surface area (Å²) in [6.07, 6.45) is 4.81. The van der Waals surface area contributed by atoms with E-state index < -0.39 is 36.1 Å². The molecule has 0 bridgehead atoms. The van der Waals surface area contributed by atoms with Crippen molar-refractivity contribution in [3.8, 4) is 22.6 Å². The molecule has 2 aromatic heterocycles. The SMILES string of the molecule is Cc1ccc(-c2cc3c(c(C(=O)NCC=C[C@H]4O[C@@H](n5cnc6c(N)ncnc65)[C@H]5OC(C)(C)OC45)c2)OC(c2ccccc2)(c2ccccc2)O3)cc1. The van der Waals surface area contributed by atoms with Crippen molar-refractivity contribution >= 4 is 22.9 Å². The number of fused-ring (bicyclic) bond motifs is 3. The molecular weight excluding hydrogens is 684 g/mol. The molecular formula is C42H38N6O6. The molecule has 0 spiro atoms. The van der Waals surface area contributed by atoms with Crippen LogP contribution < -0.4 is 20.5 Å². The van der Waals surface area contributed by atoms with Crippen LogP contribution in [0.2, 0.25) is 0 Å². The number of amides is 1. The zero-order chi connectivity index (χ0) is 37.0. The van der Waals surface area contributed by atoms with Gasteiger partial charge in [-0.2, -0.15) is 0 Å². The van der Waals surface area contributed by atoms with Gasteiger partial charge in [0.05, 0.1) is 11.9 Å². The molecule has 4 aromatic carbocycles. The number of aryl methyl sites for hydroxylation is 1. The maximum absolute atomic E-state index is 14.2. The van der Waals surface area contributed by atoms with Gasteiger partial charge >= 0.3 is 5.79 Å². The lowest BCUT2D eigenvalue weighted by molar-refractivity contribution is -0.191. The molecule has 2 fully saturated rings. The van der Waals surface area contributed by atoms with E-state index in [2.05, 4.69) is 20.3 Å². The first-order valence-corrected chi connectivity index (χ1v) is 17.8. The van der Waals surface area contributed by atoms with Gasteiger partial charge in [0.25, 0.3) is 5.91 Å². The first kappa shape index (κ1) is 33.7. The number of imidazole rings is 1. The van der Waals surface area contributed by atoms with Gasteiger partial charge in [-0.05, 0) is 44.0 Å². The van der Waals surface area contributed by atoms with Crippen molar-refractivity contribution in [3.05, 3.63) is 144 Å². The molecule has 1 amide bonds. The third-order valence-electron chi connectivity index (χ3n) is 9.92. The largest absolute Gasteiger partial charge is 0.440 e. The van der Waals surface area contributed by atoms with Crippen LogP contribution in [0, 0.1) is 6.92 Å². The predicted octanol–water partition coefficient (Wildman–Crippen LogP) is 6.46. The molecule has 54 heavy (non-hydrogen) atoms. The van der Waals surface area contributed by atoms with E-state index in [1.807, 2.05) is 130 Å². The highest BCUT2D eigenvalue weighted by molar-refractivity contribution is 5.99. The molecule has 4 atom stereocenters. The molecule has 3 aliphatic rings. The first-order chi connectivity index (χ1) is 26.2. The fourth-order valence-electron chi connectivity index (χ4n) is 7.39. The maximum Gasteiger partial charge on any atom is 0.305 e.